The third-order valence-electron chi connectivity index (χ3n) is 2.41. The molecule has 1 unspecified atom stereocenters. The molecule has 1 amide bonds. The zero-order valence-corrected chi connectivity index (χ0v) is 12.2. The van der Waals surface area contributed by atoms with Gasteiger partial charge in [0.2, 0.25) is 5.91 Å². The summed E-state index contributed by atoms with van der Waals surface area (Å²) >= 11 is 3.46. The zero-order valence-electron chi connectivity index (χ0n) is 10.6. The highest BCUT2D eigenvalue weighted by Gasteiger charge is 2.11. The molecule has 0 aliphatic carbocycles. The van der Waals surface area contributed by atoms with E-state index in [0.717, 1.165) is 10.0 Å². The molecule has 0 aromatic heterocycles. The number of hydrogen-bond acceptors (Lipinski definition) is 3. The van der Waals surface area contributed by atoms with Gasteiger partial charge in [-0.1, -0.05) is 34.1 Å². The summed E-state index contributed by atoms with van der Waals surface area (Å²) in [6.45, 7) is 2.91. The first-order chi connectivity index (χ1) is 8.65. The van der Waals surface area contributed by atoms with Crippen molar-refractivity contribution in [3.63, 3.8) is 0 Å². The van der Waals surface area contributed by atoms with E-state index in [2.05, 4.69) is 21.2 Å². The van der Waals surface area contributed by atoms with Gasteiger partial charge in [0.05, 0.1) is 19.3 Å². The molecule has 1 rings (SSSR count). The molecule has 0 saturated heterocycles. The number of amides is 1. The molecule has 5 heteroatoms. The zero-order chi connectivity index (χ0) is 13.4. The summed E-state index contributed by atoms with van der Waals surface area (Å²) in [5.41, 5.74) is 1.04. The van der Waals surface area contributed by atoms with Crippen molar-refractivity contribution in [2.45, 2.75) is 13.0 Å². The van der Waals surface area contributed by atoms with Crippen molar-refractivity contribution in [3.05, 3.63) is 34.3 Å². The van der Waals surface area contributed by atoms with Gasteiger partial charge in [-0.05, 0) is 18.6 Å². The topological polar surface area (TPSA) is 47.6 Å². The van der Waals surface area contributed by atoms with Crippen LogP contribution in [-0.4, -0.2) is 32.8 Å². The molecular weight excluding hydrogens is 298 g/mol. The average molecular weight is 316 g/mol. The number of nitrogens with one attached hydrogen (secondary N) is 1. The van der Waals surface area contributed by atoms with Gasteiger partial charge in [0.25, 0.3) is 0 Å². The second-order valence-electron chi connectivity index (χ2n) is 3.86. The van der Waals surface area contributed by atoms with Gasteiger partial charge in [-0.3, -0.25) is 4.79 Å². The van der Waals surface area contributed by atoms with Gasteiger partial charge in [-0.2, -0.15) is 0 Å². The standard InChI is InChI=1S/C13H18BrNO3/c1-10(11-5-3-4-6-12(11)14)15-13(16)9-18-8-7-17-2/h3-6,10H,7-9H2,1-2H3,(H,15,16). The van der Waals surface area contributed by atoms with Gasteiger partial charge in [-0.25, -0.2) is 0 Å². The summed E-state index contributed by atoms with van der Waals surface area (Å²) in [5.74, 6) is -0.130. The molecule has 0 heterocycles. The van der Waals surface area contributed by atoms with E-state index in [9.17, 15) is 4.79 Å². The van der Waals surface area contributed by atoms with Crippen LogP contribution in [0.3, 0.4) is 0 Å². The molecule has 0 bridgehead atoms. The number of rotatable bonds is 7. The number of benzene rings is 1. The summed E-state index contributed by atoms with van der Waals surface area (Å²) in [6.07, 6.45) is 0. The number of halogens is 1. The van der Waals surface area contributed by atoms with Crippen LogP contribution in [0.1, 0.15) is 18.5 Å². The minimum Gasteiger partial charge on any atom is -0.382 e. The summed E-state index contributed by atoms with van der Waals surface area (Å²) in [5, 5.41) is 2.88. The third-order valence-corrected chi connectivity index (χ3v) is 3.14. The third kappa shape index (κ3) is 5.16. The van der Waals surface area contributed by atoms with Crippen LogP contribution in [0.2, 0.25) is 0 Å². The van der Waals surface area contributed by atoms with Crippen molar-refractivity contribution in [3.8, 4) is 0 Å². The van der Waals surface area contributed by atoms with Gasteiger partial charge in [0.15, 0.2) is 0 Å². The maximum absolute atomic E-state index is 11.6. The Balaban J connectivity index is 2.38. The molecule has 0 fully saturated rings. The molecule has 0 radical (unpaired) electrons. The first kappa shape index (κ1) is 15.1. The van der Waals surface area contributed by atoms with E-state index >= 15 is 0 Å². The molecule has 0 aliphatic heterocycles. The van der Waals surface area contributed by atoms with Crippen LogP contribution in [0.15, 0.2) is 28.7 Å². The summed E-state index contributed by atoms with van der Waals surface area (Å²) < 4.78 is 11.0. The largest absolute Gasteiger partial charge is 0.382 e. The molecule has 0 aliphatic rings. The Labute approximate surface area is 116 Å². The first-order valence-corrected chi connectivity index (χ1v) is 6.55. The van der Waals surface area contributed by atoms with Gasteiger partial charge < -0.3 is 14.8 Å². The van der Waals surface area contributed by atoms with Crippen LogP contribution >= 0.6 is 15.9 Å². The molecule has 1 aromatic rings. The second kappa shape index (κ2) is 8.24. The molecule has 100 valence electrons. The van der Waals surface area contributed by atoms with Crippen LogP contribution < -0.4 is 5.32 Å². The summed E-state index contributed by atoms with van der Waals surface area (Å²) in [6, 6.07) is 7.75. The molecule has 1 N–H and O–H groups in total. The first-order valence-electron chi connectivity index (χ1n) is 5.75. The molecule has 4 nitrogen and oxygen atoms in total. The Kier molecular flexibility index (Phi) is 6.93. The van der Waals surface area contributed by atoms with E-state index in [1.54, 1.807) is 7.11 Å². The predicted molar refractivity (Wildman–Crippen MR) is 73.4 cm³/mol. The number of carbonyl (C=O) groups is 1. The van der Waals surface area contributed by atoms with E-state index in [-0.39, 0.29) is 18.6 Å². The molecule has 0 spiro atoms. The minimum absolute atomic E-state index is 0.0537. The predicted octanol–water partition coefficient (Wildman–Crippen LogP) is 2.29. The Morgan fingerprint density at radius 3 is 2.78 bits per heavy atom. The van der Waals surface area contributed by atoms with E-state index in [1.165, 1.54) is 0 Å². The number of ether oxygens (including phenoxy) is 2. The van der Waals surface area contributed by atoms with E-state index < -0.39 is 0 Å². The Morgan fingerprint density at radius 2 is 2.11 bits per heavy atom. The van der Waals surface area contributed by atoms with Crippen LogP contribution in [0.4, 0.5) is 0 Å². The lowest BCUT2D eigenvalue weighted by atomic mass is 10.1. The number of carbonyl (C=O) groups excluding carboxylic acids is 1. The Hall–Kier alpha value is -0.910. The van der Waals surface area contributed by atoms with Crippen molar-refractivity contribution in [1.29, 1.82) is 0 Å². The smallest absolute Gasteiger partial charge is 0.246 e. The summed E-state index contributed by atoms with van der Waals surface area (Å²) in [4.78, 5) is 11.6. The monoisotopic (exact) mass is 315 g/mol. The van der Waals surface area contributed by atoms with Gasteiger partial charge >= 0.3 is 0 Å². The number of methoxy groups -OCH3 is 1. The average Bonchev–Trinajstić information content (AvgIpc) is 2.35. The lowest BCUT2D eigenvalue weighted by molar-refractivity contribution is -0.126. The van der Waals surface area contributed by atoms with Crippen LogP contribution in [-0.2, 0) is 14.3 Å². The van der Waals surface area contributed by atoms with Gasteiger partial charge in [0, 0.05) is 11.6 Å². The number of hydrogen-bond donors (Lipinski definition) is 1. The molecule has 1 atom stereocenters. The second-order valence-corrected chi connectivity index (χ2v) is 4.71. The van der Waals surface area contributed by atoms with Gasteiger partial charge in [0.1, 0.15) is 6.61 Å². The van der Waals surface area contributed by atoms with Crippen molar-refractivity contribution >= 4 is 21.8 Å². The highest BCUT2D eigenvalue weighted by Crippen LogP contribution is 2.22. The minimum atomic E-state index is -0.130. The van der Waals surface area contributed by atoms with Crippen molar-refractivity contribution in [2.24, 2.45) is 0 Å². The van der Waals surface area contributed by atoms with Gasteiger partial charge in [-0.15, -0.1) is 0 Å². The van der Waals surface area contributed by atoms with Crippen molar-refractivity contribution in [1.82, 2.24) is 5.32 Å². The Bertz CT molecular complexity index is 384. The van der Waals surface area contributed by atoms with E-state index in [4.69, 9.17) is 9.47 Å². The molecule has 18 heavy (non-hydrogen) atoms. The molecule has 0 saturated carbocycles. The molecular formula is C13H18BrNO3. The maximum Gasteiger partial charge on any atom is 0.246 e. The Morgan fingerprint density at radius 1 is 1.39 bits per heavy atom. The quantitative estimate of drug-likeness (QED) is 0.785. The van der Waals surface area contributed by atoms with E-state index in [0.29, 0.717) is 13.2 Å². The van der Waals surface area contributed by atoms with Crippen LogP contribution in [0.25, 0.3) is 0 Å². The van der Waals surface area contributed by atoms with E-state index in [1.807, 2.05) is 31.2 Å². The highest BCUT2D eigenvalue weighted by atomic mass is 79.9. The summed E-state index contributed by atoms with van der Waals surface area (Å²) in [7, 11) is 1.60. The fourth-order valence-electron chi connectivity index (χ4n) is 1.49. The lowest BCUT2D eigenvalue weighted by Gasteiger charge is -2.15. The SMILES string of the molecule is COCCOCC(=O)NC(C)c1ccccc1Br. The highest BCUT2D eigenvalue weighted by molar-refractivity contribution is 9.10. The van der Waals surface area contributed by atoms with Crippen LogP contribution in [0, 0.1) is 0 Å². The lowest BCUT2D eigenvalue weighted by Crippen LogP contribution is -2.30. The normalized spacial score (nSPS) is 12.2. The maximum atomic E-state index is 11.6. The van der Waals surface area contributed by atoms with Crippen molar-refractivity contribution < 1.29 is 14.3 Å². The molecule has 1 aromatic carbocycles. The fourth-order valence-corrected chi connectivity index (χ4v) is 2.12. The van der Waals surface area contributed by atoms with Crippen molar-refractivity contribution in [2.75, 3.05) is 26.9 Å². The fraction of sp³-hybridized carbons (Fsp3) is 0.462. The van der Waals surface area contributed by atoms with Crippen LogP contribution in [0.5, 0.6) is 0 Å².